The number of nitrogens with zero attached hydrogens (tertiary/aromatic N) is 1. The van der Waals surface area contributed by atoms with Crippen molar-refractivity contribution in [2.75, 3.05) is 11.5 Å². The SMILES string of the molecule is Fc1cccnc1OC1CCSC1. The average molecular weight is 199 g/mol. The summed E-state index contributed by atoms with van der Waals surface area (Å²) in [4.78, 5) is 3.84. The summed E-state index contributed by atoms with van der Waals surface area (Å²) in [6, 6.07) is 2.93. The quantitative estimate of drug-likeness (QED) is 0.728. The highest BCUT2D eigenvalue weighted by atomic mass is 32.2. The molecule has 0 spiro atoms. The Morgan fingerprint density at radius 3 is 3.23 bits per heavy atom. The summed E-state index contributed by atoms with van der Waals surface area (Å²) >= 11 is 1.83. The zero-order valence-corrected chi connectivity index (χ0v) is 7.89. The van der Waals surface area contributed by atoms with Crippen molar-refractivity contribution in [1.29, 1.82) is 0 Å². The Labute approximate surface area is 80.5 Å². The van der Waals surface area contributed by atoms with Gasteiger partial charge in [-0.25, -0.2) is 9.37 Å². The van der Waals surface area contributed by atoms with Gasteiger partial charge in [0.2, 0.25) is 0 Å². The summed E-state index contributed by atoms with van der Waals surface area (Å²) in [6.07, 6.45) is 2.66. The number of aromatic nitrogens is 1. The smallest absolute Gasteiger partial charge is 0.250 e. The zero-order chi connectivity index (χ0) is 9.10. The van der Waals surface area contributed by atoms with Crippen molar-refractivity contribution >= 4 is 11.8 Å². The maximum absolute atomic E-state index is 13.0. The fraction of sp³-hybridized carbons (Fsp3) is 0.444. The van der Waals surface area contributed by atoms with Gasteiger partial charge in [0, 0.05) is 11.9 Å². The summed E-state index contributed by atoms with van der Waals surface area (Å²) in [5.74, 6) is 1.80. The van der Waals surface area contributed by atoms with Crippen LogP contribution in [0.15, 0.2) is 18.3 Å². The minimum atomic E-state index is -0.376. The molecule has 0 amide bonds. The van der Waals surface area contributed by atoms with E-state index in [9.17, 15) is 4.39 Å². The van der Waals surface area contributed by atoms with Gasteiger partial charge < -0.3 is 4.74 Å². The van der Waals surface area contributed by atoms with Crippen LogP contribution in [0.3, 0.4) is 0 Å². The van der Waals surface area contributed by atoms with Gasteiger partial charge in [-0.1, -0.05) is 0 Å². The molecule has 1 aliphatic rings. The predicted octanol–water partition coefficient (Wildman–Crippen LogP) is 2.10. The number of hydrogen-bond donors (Lipinski definition) is 0. The first-order valence-corrected chi connectivity index (χ1v) is 5.36. The molecule has 1 aromatic rings. The molecular formula is C9H10FNOS. The van der Waals surface area contributed by atoms with Gasteiger partial charge in [0.1, 0.15) is 6.10 Å². The molecule has 1 atom stereocenters. The van der Waals surface area contributed by atoms with E-state index in [4.69, 9.17) is 4.74 Å². The second-order valence-corrected chi connectivity index (χ2v) is 4.04. The van der Waals surface area contributed by atoms with E-state index < -0.39 is 0 Å². The lowest BCUT2D eigenvalue weighted by Gasteiger charge is -2.10. The molecule has 1 aliphatic heterocycles. The lowest BCUT2D eigenvalue weighted by molar-refractivity contribution is 0.209. The molecule has 13 heavy (non-hydrogen) atoms. The monoisotopic (exact) mass is 199 g/mol. The minimum absolute atomic E-state index is 0.134. The summed E-state index contributed by atoms with van der Waals surface area (Å²) < 4.78 is 18.4. The molecule has 0 aliphatic carbocycles. The van der Waals surface area contributed by atoms with E-state index in [2.05, 4.69) is 4.98 Å². The molecule has 1 unspecified atom stereocenters. The van der Waals surface area contributed by atoms with Gasteiger partial charge >= 0.3 is 0 Å². The van der Waals surface area contributed by atoms with Crippen molar-refractivity contribution in [3.63, 3.8) is 0 Å². The van der Waals surface area contributed by atoms with E-state index in [1.54, 1.807) is 12.3 Å². The van der Waals surface area contributed by atoms with Gasteiger partial charge in [-0.15, -0.1) is 0 Å². The molecule has 4 heteroatoms. The molecule has 2 nitrogen and oxygen atoms in total. The molecule has 2 heterocycles. The van der Waals surface area contributed by atoms with Gasteiger partial charge in [0.15, 0.2) is 5.82 Å². The standard InChI is InChI=1S/C9H10FNOS/c10-8-2-1-4-11-9(8)12-7-3-5-13-6-7/h1-2,4,7H,3,5-6H2. The van der Waals surface area contributed by atoms with Crippen LogP contribution in [0.4, 0.5) is 4.39 Å². The molecule has 1 saturated heterocycles. The maximum Gasteiger partial charge on any atom is 0.250 e. The Balaban J connectivity index is 2.04. The fourth-order valence-electron chi connectivity index (χ4n) is 1.22. The van der Waals surface area contributed by atoms with Gasteiger partial charge in [0.05, 0.1) is 0 Å². The van der Waals surface area contributed by atoms with E-state index in [1.165, 1.54) is 6.07 Å². The van der Waals surface area contributed by atoms with Crippen LogP contribution in [-0.2, 0) is 0 Å². The first-order chi connectivity index (χ1) is 6.36. The molecule has 0 N–H and O–H groups in total. The van der Waals surface area contributed by atoms with Crippen LogP contribution in [0, 0.1) is 5.82 Å². The van der Waals surface area contributed by atoms with Crippen LogP contribution in [0.2, 0.25) is 0 Å². The highest BCUT2D eigenvalue weighted by Gasteiger charge is 2.18. The highest BCUT2D eigenvalue weighted by molar-refractivity contribution is 7.99. The third-order valence-corrected chi connectivity index (χ3v) is 3.02. The summed E-state index contributed by atoms with van der Waals surface area (Å²) in [7, 11) is 0. The van der Waals surface area contributed by atoms with Crippen molar-refractivity contribution in [3.8, 4) is 5.88 Å². The largest absolute Gasteiger partial charge is 0.471 e. The second-order valence-electron chi connectivity index (χ2n) is 2.89. The third kappa shape index (κ3) is 2.12. The maximum atomic E-state index is 13.0. The number of halogens is 1. The van der Waals surface area contributed by atoms with Crippen LogP contribution in [0.5, 0.6) is 5.88 Å². The molecule has 0 aromatic carbocycles. The van der Waals surface area contributed by atoms with E-state index in [1.807, 2.05) is 11.8 Å². The van der Waals surface area contributed by atoms with Crippen molar-refractivity contribution in [2.24, 2.45) is 0 Å². The second kappa shape index (κ2) is 3.96. The Hall–Kier alpha value is -0.770. The van der Waals surface area contributed by atoms with E-state index >= 15 is 0 Å². The van der Waals surface area contributed by atoms with E-state index in [-0.39, 0.29) is 17.8 Å². The summed E-state index contributed by atoms with van der Waals surface area (Å²) in [5.41, 5.74) is 0. The molecule has 0 radical (unpaired) electrons. The van der Waals surface area contributed by atoms with Gasteiger partial charge in [0.25, 0.3) is 5.88 Å². The molecule has 70 valence electrons. The Morgan fingerprint density at radius 2 is 2.54 bits per heavy atom. The molecule has 1 aromatic heterocycles. The van der Waals surface area contributed by atoms with Crippen molar-refractivity contribution in [3.05, 3.63) is 24.1 Å². The van der Waals surface area contributed by atoms with Crippen molar-refractivity contribution < 1.29 is 9.13 Å². The number of hydrogen-bond acceptors (Lipinski definition) is 3. The number of rotatable bonds is 2. The van der Waals surface area contributed by atoms with E-state index in [0.29, 0.717) is 0 Å². The van der Waals surface area contributed by atoms with Crippen LogP contribution in [-0.4, -0.2) is 22.6 Å². The van der Waals surface area contributed by atoms with Gasteiger partial charge in [-0.3, -0.25) is 0 Å². The van der Waals surface area contributed by atoms with Crippen LogP contribution < -0.4 is 4.74 Å². The Morgan fingerprint density at radius 1 is 1.62 bits per heavy atom. The number of thioether (sulfide) groups is 1. The third-order valence-electron chi connectivity index (χ3n) is 1.89. The molecule has 0 saturated carbocycles. The van der Waals surface area contributed by atoms with Crippen molar-refractivity contribution in [2.45, 2.75) is 12.5 Å². The normalized spacial score (nSPS) is 21.8. The van der Waals surface area contributed by atoms with Crippen molar-refractivity contribution in [1.82, 2.24) is 4.98 Å². The van der Waals surface area contributed by atoms with E-state index in [0.717, 1.165) is 17.9 Å². The topological polar surface area (TPSA) is 22.1 Å². The van der Waals surface area contributed by atoms with Crippen LogP contribution >= 0.6 is 11.8 Å². The minimum Gasteiger partial charge on any atom is -0.471 e. The van der Waals surface area contributed by atoms with Crippen LogP contribution in [0.25, 0.3) is 0 Å². The summed E-state index contributed by atoms with van der Waals surface area (Å²) in [6.45, 7) is 0. The summed E-state index contributed by atoms with van der Waals surface area (Å²) in [5, 5.41) is 0. The Bertz CT molecular complexity index is 289. The number of pyridine rings is 1. The van der Waals surface area contributed by atoms with Gasteiger partial charge in [-0.2, -0.15) is 11.8 Å². The molecule has 1 fully saturated rings. The first-order valence-electron chi connectivity index (χ1n) is 4.21. The first kappa shape index (κ1) is 8.81. The molecular weight excluding hydrogens is 189 g/mol. The van der Waals surface area contributed by atoms with Crippen LogP contribution in [0.1, 0.15) is 6.42 Å². The average Bonchev–Trinajstić information content (AvgIpc) is 2.61. The lowest BCUT2D eigenvalue weighted by Crippen LogP contribution is -2.16. The Kier molecular flexibility index (Phi) is 2.68. The fourth-order valence-corrected chi connectivity index (χ4v) is 2.32. The highest BCUT2D eigenvalue weighted by Crippen LogP contribution is 2.23. The lowest BCUT2D eigenvalue weighted by atomic mass is 10.3. The molecule has 2 rings (SSSR count). The van der Waals surface area contributed by atoms with Gasteiger partial charge in [-0.05, 0) is 24.3 Å². The number of ether oxygens (including phenoxy) is 1. The zero-order valence-electron chi connectivity index (χ0n) is 7.07. The molecule has 0 bridgehead atoms. The predicted molar refractivity (Wildman–Crippen MR) is 50.6 cm³/mol.